The van der Waals surface area contributed by atoms with Crippen molar-refractivity contribution >= 4 is 17.4 Å². The second-order valence-electron chi connectivity index (χ2n) is 6.45. The normalized spacial score (nSPS) is 16.2. The van der Waals surface area contributed by atoms with Gasteiger partial charge >= 0.3 is 0 Å². The smallest absolute Gasteiger partial charge is 0.129 e. The van der Waals surface area contributed by atoms with Crippen molar-refractivity contribution in [1.82, 2.24) is 10.3 Å². The van der Waals surface area contributed by atoms with Crippen molar-refractivity contribution in [3.05, 3.63) is 34.5 Å². The van der Waals surface area contributed by atoms with Gasteiger partial charge in [0.05, 0.1) is 10.7 Å². The summed E-state index contributed by atoms with van der Waals surface area (Å²) in [6, 6.07) is 3.96. The summed E-state index contributed by atoms with van der Waals surface area (Å²) < 4.78 is 0. The van der Waals surface area contributed by atoms with E-state index in [0.717, 1.165) is 36.0 Å². The van der Waals surface area contributed by atoms with E-state index in [0.29, 0.717) is 6.54 Å². The summed E-state index contributed by atoms with van der Waals surface area (Å²) in [6.07, 6.45) is 3.38. The molecule has 1 aromatic heterocycles. The molecule has 0 atom stereocenters. The number of hydrogen-bond donors (Lipinski definition) is 1. The number of hydrogen-bond acceptors (Lipinski definition) is 3. The Morgan fingerprint density at radius 1 is 1.35 bits per heavy atom. The monoisotopic (exact) mass is 293 g/mol. The molecule has 0 radical (unpaired) electrons. The van der Waals surface area contributed by atoms with Crippen molar-refractivity contribution in [2.45, 2.75) is 46.2 Å². The summed E-state index contributed by atoms with van der Waals surface area (Å²) in [5.74, 6) is 1.02. The lowest BCUT2D eigenvalue weighted by atomic mass is 10.1. The van der Waals surface area contributed by atoms with E-state index >= 15 is 0 Å². The quantitative estimate of drug-likeness (QED) is 0.860. The Morgan fingerprint density at radius 3 is 2.70 bits per heavy atom. The van der Waals surface area contributed by atoms with Gasteiger partial charge in [0.1, 0.15) is 5.82 Å². The van der Waals surface area contributed by atoms with Crippen molar-refractivity contribution < 1.29 is 0 Å². The minimum absolute atomic E-state index is 0.0615. The van der Waals surface area contributed by atoms with E-state index < -0.39 is 0 Å². The van der Waals surface area contributed by atoms with Gasteiger partial charge in [-0.3, -0.25) is 0 Å². The van der Waals surface area contributed by atoms with Crippen LogP contribution < -0.4 is 10.2 Å². The zero-order chi connectivity index (χ0) is 14.8. The molecule has 3 nitrogen and oxygen atoms in total. The van der Waals surface area contributed by atoms with Gasteiger partial charge in [-0.05, 0) is 46.2 Å². The Kier molecular flexibility index (Phi) is 4.71. The molecule has 0 aliphatic carbocycles. The van der Waals surface area contributed by atoms with Gasteiger partial charge < -0.3 is 10.2 Å². The molecule has 2 rings (SSSR count). The van der Waals surface area contributed by atoms with Gasteiger partial charge in [0.25, 0.3) is 0 Å². The maximum Gasteiger partial charge on any atom is 0.129 e. The van der Waals surface area contributed by atoms with E-state index in [2.05, 4.69) is 44.0 Å². The fraction of sp³-hybridized carbons (Fsp3) is 0.562. The molecule has 1 aliphatic heterocycles. The molecule has 2 heterocycles. The highest BCUT2D eigenvalue weighted by atomic mass is 35.5. The second-order valence-corrected chi connectivity index (χ2v) is 6.86. The van der Waals surface area contributed by atoms with Crippen LogP contribution in [-0.2, 0) is 6.54 Å². The Labute approximate surface area is 127 Å². The van der Waals surface area contributed by atoms with Crippen LogP contribution in [-0.4, -0.2) is 23.6 Å². The molecule has 1 aliphatic rings. The molecular weight excluding hydrogens is 270 g/mol. The lowest BCUT2D eigenvalue weighted by Gasteiger charge is -2.27. The molecule has 0 aromatic carbocycles. The second kappa shape index (κ2) is 6.15. The highest BCUT2D eigenvalue weighted by molar-refractivity contribution is 6.31. The van der Waals surface area contributed by atoms with Crippen molar-refractivity contribution in [3.8, 4) is 0 Å². The van der Waals surface area contributed by atoms with E-state index in [1.54, 1.807) is 0 Å². The van der Waals surface area contributed by atoms with Crippen LogP contribution in [0.2, 0.25) is 5.02 Å². The van der Waals surface area contributed by atoms with Gasteiger partial charge in [-0.2, -0.15) is 0 Å². The lowest BCUT2D eigenvalue weighted by Crippen LogP contribution is -2.35. The molecule has 0 amide bonds. The fourth-order valence-electron chi connectivity index (χ4n) is 2.10. The average Bonchev–Trinajstić information content (AvgIpc) is 2.38. The Hall–Kier alpha value is -1.06. The van der Waals surface area contributed by atoms with Gasteiger partial charge in [0, 0.05) is 25.2 Å². The number of halogens is 1. The third-order valence-electron chi connectivity index (χ3n) is 3.45. The zero-order valence-corrected chi connectivity index (χ0v) is 13.6. The van der Waals surface area contributed by atoms with Crippen molar-refractivity contribution in [1.29, 1.82) is 0 Å². The molecule has 0 spiro atoms. The minimum atomic E-state index is 0.0615. The fourth-order valence-corrected chi connectivity index (χ4v) is 2.27. The number of pyridine rings is 1. The maximum absolute atomic E-state index is 6.25. The third-order valence-corrected chi connectivity index (χ3v) is 3.79. The lowest BCUT2D eigenvalue weighted by molar-refractivity contribution is 0.421. The standard InChI is InChI=1S/C16H24ClN3/c1-12-7-9-20(10-8-12)15-6-5-13(17)14(19-15)11-18-16(2,3)4/h5-7,18H,8-11H2,1-4H3. The van der Waals surface area contributed by atoms with Crippen LogP contribution in [0.3, 0.4) is 0 Å². The summed E-state index contributed by atoms with van der Waals surface area (Å²) in [5, 5.41) is 4.17. The van der Waals surface area contributed by atoms with E-state index in [-0.39, 0.29) is 5.54 Å². The predicted molar refractivity (Wildman–Crippen MR) is 86.4 cm³/mol. The third kappa shape index (κ3) is 4.22. The molecule has 1 aromatic rings. The molecule has 20 heavy (non-hydrogen) atoms. The van der Waals surface area contributed by atoms with Crippen LogP contribution in [0.25, 0.3) is 0 Å². The highest BCUT2D eigenvalue weighted by Crippen LogP contribution is 2.22. The summed E-state index contributed by atoms with van der Waals surface area (Å²) in [4.78, 5) is 7.02. The predicted octanol–water partition coefficient (Wildman–Crippen LogP) is 3.78. The van der Waals surface area contributed by atoms with Crippen molar-refractivity contribution in [2.75, 3.05) is 18.0 Å². The van der Waals surface area contributed by atoms with Gasteiger partial charge in [0.2, 0.25) is 0 Å². The number of nitrogens with one attached hydrogen (secondary N) is 1. The summed E-state index contributed by atoms with van der Waals surface area (Å²) >= 11 is 6.25. The number of rotatable bonds is 3. The van der Waals surface area contributed by atoms with Gasteiger partial charge in [-0.15, -0.1) is 0 Å². The number of nitrogens with zero attached hydrogens (tertiary/aromatic N) is 2. The first kappa shape index (κ1) is 15.3. The Bertz CT molecular complexity index is 503. The molecule has 0 fully saturated rings. The van der Waals surface area contributed by atoms with Crippen LogP contribution in [0.15, 0.2) is 23.8 Å². The van der Waals surface area contributed by atoms with Gasteiger partial charge in [-0.25, -0.2) is 4.98 Å². The van der Waals surface area contributed by atoms with E-state index in [9.17, 15) is 0 Å². The number of anilines is 1. The SMILES string of the molecule is CC1=CCN(c2ccc(Cl)c(CNC(C)(C)C)n2)CC1. The van der Waals surface area contributed by atoms with Crippen molar-refractivity contribution in [2.24, 2.45) is 0 Å². The molecule has 4 heteroatoms. The summed E-state index contributed by atoms with van der Waals surface area (Å²) in [5.41, 5.74) is 2.45. The molecule has 0 unspecified atom stereocenters. The largest absolute Gasteiger partial charge is 0.353 e. The first-order chi connectivity index (χ1) is 9.35. The summed E-state index contributed by atoms with van der Waals surface area (Å²) in [6.45, 7) is 11.3. The molecule has 1 N–H and O–H groups in total. The highest BCUT2D eigenvalue weighted by Gasteiger charge is 2.15. The van der Waals surface area contributed by atoms with Crippen molar-refractivity contribution in [3.63, 3.8) is 0 Å². The van der Waals surface area contributed by atoms with Gasteiger partial charge in [0.15, 0.2) is 0 Å². The summed E-state index contributed by atoms with van der Waals surface area (Å²) in [7, 11) is 0. The minimum Gasteiger partial charge on any atom is -0.353 e. The van der Waals surface area contributed by atoms with Crippen LogP contribution in [0.5, 0.6) is 0 Å². The molecule has 0 saturated heterocycles. The Morgan fingerprint density at radius 2 is 2.10 bits per heavy atom. The zero-order valence-electron chi connectivity index (χ0n) is 12.8. The molecule has 0 saturated carbocycles. The first-order valence-electron chi connectivity index (χ1n) is 7.16. The van der Waals surface area contributed by atoms with Gasteiger partial charge in [-0.1, -0.05) is 23.3 Å². The maximum atomic E-state index is 6.25. The van der Waals surface area contributed by atoms with E-state index in [1.807, 2.05) is 12.1 Å². The molecular formula is C16H24ClN3. The first-order valence-corrected chi connectivity index (χ1v) is 7.54. The van der Waals surface area contributed by atoms with Crippen LogP contribution in [0.1, 0.15) is 39.8 Å². The number of aromatic nitrogens is 1. The van der Waals surface area contributed by atoms with Crippen LogP contribution >= 0.6 is 11.6 Å². The molecule has 110 valence electrons. The Balaban J connectivity index is 2.12. The van der Waals surface area contributed by atoms with E-state index in [1.165, 1.54) is 5.57 Å². The molecule has 0 bridgehead atoms. The van der Waals surface area contributed by atoms with E-state index in [4.69, 9.17) is 16.6 Å². The van der Waals surface area contributed by atoms with Crippen LogP contribution in [0.4, 0.5) is 5.82 Å². The van der Waals surface area contributed by atoms with Crippen LogP contribution in [0, 0.1) is 0 Å². The topological polar surface area (TPSA) is 28.2 Å². The average molecular weight is 294 g/mol.